The van der Waals surface area contributed by atoms with Crippen LogP contribution in [-0.2, 0) is 0 Å². The summed E-state index contributed by atoms with van der Waals surface area (Å²) in [6, 6.07) is 7.27. The van der Waals surface area contributed by atoms with Crippen LogP contribution in [0.5, 0.6) is 0 Å². The molecule has 0 spiro atoms. The number of ketones is 2. The highest BCUT2D eigenvalue weighted by Crippen LogP contribution is 2.31. The summed E-state index contributed by atoms with van der Waals surface area (Å²) in [6.07, 6.45) is 7.93. The Hall–Kier alpha value is -1.70. The lowest BCUT2D eigenvalue weighted by Gasteiger charge is -2.21. The van der Waals surface area contributed by atoms with Crippen molar-refractivity contribution in [3.8, 4) is 0 Å². The predicted octanol–water partition coefficient (Wildman–Crippen LogP) is 5.52. The van der Waals surface area contributed by atoms with Gasteiger partial charge in [-0.05, 0) is 25.7 Å². The van der Waals surface area contributed by atoms with Crippen LogP contribution in [0.1, 0.15) is 85.9 Å². The van der Waals surface area contributed by atoms with E-state index in [0.717, 1.165) is 62.5 Å². The van der Waals surface area contributed by atoms with E-state index in [2.05, 4.69) is 13.8 Å². The van der Waals surface area contributed by atoms with E-state index in [1.165, 1.54) is 0 Å². The van der Waals surface area contributed by atoms with Crippen molar-refractivity contribution >= 4 is 11.6 Å². The van der Waals surface area contributed by atoms with Gasteiger partial charge in [-0.15, -0.1) is 0 Å². The van der Waals surface area contributed by atoms with Gasteiger partial charge in [0.05, 0.1) is 0 Å². The van der Waals surface area contributed by atoms with Gasteiger partial charge in [-0.2, -0.15) is 0 Å². The van der Waals surface area contributed by atoms with E-state index in [9.17, 15) is 9.59 Å². The van der Waals surface area contributed by atoms with E-state index in [0.29, 0.717) is 11.1 Å². The number of hydrogen-bond donors (Lipinski definition) is 0. The van der Waals surface area contributed by atoms with Crippen LogP contribution in [0.3, 0.4) is 0 Å². The second kappa shape index (κ2) is 8.07. The second-order valence-electron chi connectivity index (χ2n) is 6.08. The van der Waals surface area contributed by atoms with Crippen LogP contribution < -0.4 is 0 Å². The molecular weight excluding hydrogens is 272 g/mol. The molecule has 0 aliphatic heterocycles. The maximum atomic E-state index is 12.8. The SMILES string of the molecule is CCCCCC1=C(CCCCC)C(=O)c2ccccc2C1=O. The van der Waals surface area contributed by atoms with Crippen molar-refractivity contribution in [2.75, 3.05) is 0 Å². The van der Waals surface area contributed by atoms with Crippen molar-refractivity contribution < 1.29 is 9.59 Å². The molecule has 1 aliphatic carbocycles. The van der Waals surface area contributed by atoms with Gasteiger partial charge in [0.2, 0.25) is 0 Å². The van der Waals surface area contributed by atoms with Crippen LogP contribution in [0.2, 0.25) is 0 Å². The zero-order valence-electron chi connectivity index (χ0n) is 13.8. The van der Waals surface area contributed by atoms with Crippen molar-refractivity contribution in [3.63, 3.8) is 0 Å². The molecule has 0 bridgehead atoms. The molecule has 118 valence electrons. The minimum Gasteiger partial charge on any atom is -0.289 e. The summed E-state index contributed by atoms with van der Waals surface area (Å²) in [7, 11) is 0. The molecule has 0 N–H and O–H groups in total. The lowest BCUT2D eigenvalue weighted by atomic mass is 9.80. The number of carbonyl (C=O) groups is 2. The van der Waals surface area contributed by atoms with Gasteiger partial charge in [-0.3, -0.25) is 9.59 Å². The lowest BCUT2D eigenvalue weighted by Crippen LogP contribution is -2.22. The summed E-state index contributed by atoms with van der Waals surface area (Å²) in [5.41, 5.74) is 2.76. The van der Waals surface area contributed by atoms with Crippen LogP contribution in [0.4, 0.5) is 0 Å². The Balaban J connectivity index is 2.32. The fourth-order valence-corrected chi connectivity index (χ4v) is 3.11. The average molecular weight is 298 g/mol. The maximum Gasteiger partial charge on any atom is 0.190 e. The summed E-state index contributed by atoms with van der Waals surface area (Å²) < 4.78 is 0. The maximum absolute atomic E-state index is 12.8. The van der Waals surface area contributed by atoms with Gasteiger partial charge in [0.25, 0.3) is 0 Å². The van der Waals surface area contributed by atoms with E-state index in [1.54, 1.807) is 12.1 Å². The van der Waals surface area contributed by atoms with Gasteiger partial charge >= 0.3 is 0 Å². The minimum atomic E-state index is 0.0813. The number of allylic oxidation sites excluding steroid dienone is 2. The average Bonchev–Trinajstić information content (AvgIpc) is 2.54. The molecule has 2 rings (SSSR count). The van der Waals surface area contributed by atoms with Gasteiger partial charge in [-0.25, -0.2) is 0 Å². The van der Waals surface area contributed by atoms with E-state index in [1.807, 2.05) is 12.1 Å². The molecule has 1 aliphatic rings. The molecule has 22 heavy (non-hydrogen) atoms. The molecule has 1 aromatic carbocycles. The summed E-state index contributed by atoms with van der Waals surface area (Å²) >= 11 is 0. The van der Waals surface area contributed by atoms with Gasteiger partial charge in [-0.1, -0.05) is 63.8 Å². The topological polar surface area (TPSA) is 34.1 Å². The molecule has 0 amide bonds. The Bertz CT molecular complexity index is 530. The highest BCUT2D eigenvalue weighted by molar-refractivity contribution is 6.26. The number of carbonyl (C=O) groups excluding carboxylic acids is 2. The quantitative estimate of drug-likeness (QED) is 0.592. The molecule has 0 heterocycles. The smallest absolute Gasteiger partial charge is 0.190 e. The van der Waals surface area contributed by atoms with Crippen molar-refractivity contribution in [1.82, 2.24) is 0 Å². The first kappa shape index (κ1) is 16.7. The zero-order chi connectivity index (χ0) is 15.9. The normalized spacial score (nSPS) is 14.5. The third kappa shape index (κ3) is 3.55. The van der Waals surface area contributed by atoms with Gasteiger partial charge in [0.15, 0.2) is 11.6 Å². The summed E-state index contributed by atoms with van der Waals surface area (Å²) in [5, 5.41) is 0. The molecular formula is C20H26O2. The number of unbranched alkanes of at least 4 members (excludes halogenated alkanes) is 4. The molecule has 1 aromatic rings. The van der Waals surface area contributed by atoms with Crippen molar-refractivity contribution in [1.29, 1.82) is 0 Å². The number of Topliss-reactive ketones (excluding diaryl/α,β-unsaturated/α-hetero) is 2. The highest BCUT2D eigenvalue weighted by Gasteiger charge is 2.30. The summed E-state index contributed by atoms with van der Waals surface area (Å²) in [5.74, 6) is 0.163. The van der Waals surface area contributed by atoms with E-state index >= 15 is 0 Å². The molecule has 0 aromatic heterocycles. The Kier molecular flexibility index (Phi) is 6.11. The first-order valence-corrected chi connectivity index (χ1v) is 8.61. The third-order valence-corrected chi connectivity index (χ3v) is 4.39. The minimum absolute atomic E-state index is 0.0813. The fraction of sp³-hybridized carbons (Fsp3) is 0.500. The van der Waals surface area contributed by atoms with Gasteiger partial charge < -0.3 is 0 Å². The number of rotatable bonds is 8. The number of benzene rings is 1. The van der Waals surface area contributed by atoms with Crippen LogP contribution in [0.25, 0.3) is 0 Å². The van der Waals surface area contributed by atoms with E-state index in [4.69, 9.17) is 0 Å². The monoisotopic (exact) mass is 298 g/mol. The Morgan fingerprint density at radius 2 is 1.09 bits per heavy atom. The lowest BCUT2D eigenvalue weighted by molar-refractivity contribution is 0.0968. The molecule has 0 fully saturated rings. The zero-order valence-corrected chi connectivity index (χ0v) is 13.8. The Morgan fingerprint density at radius 3 is 1.45 bits per heavy atom. The van der Waals surface area contributed by atoms with E-state index < -0.39 is 0 Å². The Labute approximate surface area is 133 Å². The molecule has 2 heteroatoms. The van der Waals surface area contributed by atoms with E-state index in [-0.39, 0.29) is 11.6 Å². The number of fused-ring (bicyclic) bond motifs is 1. The molecule has 0 radical (unpaired) electrons. The number of hydrogen-bond acceptors (Lipinski definition) is 2. The van der Waals surface area contributed by atoms with Crippen molar-refractivity contribution in [2.45, 2.75) is 65.2 Å². The molecule has 0 unspecified atom stereocenters. The second-order valence-corrected chi connectivity index (χ2v) is 6.08. The van der Waals surface area contributed by atoms with Crippen LogP contribution in [0, 0.1) is 0 Å². The van der Waals surface area contributed by atoms with Crippen LogP contribution in [0.15, 0.2) is 35.4 Å². The largest absolute Gasteiger partial charge is 0.289 e. The first-order chi connectivity index (χ1) is 10.7. The van der Waals surface area contributed by atoms with Crippen LogP contribution >= 0.6 is 0 Å². The third-order valence-electron chi connectivity index (χ3n) is 4.39. The Morgan fingerprint density at radius 1 is 0.682 bits per heavy atom. The molecule has 0 saturated carbocycles. The predicted molar refractivity (Wildman–Crippen MR) is 90.4 cm³/mol. The van der Waals surface area contributed by atoms with Gasteiger partial charge in [0, 0.05) is 22.3 Å². The van der Waals surface area contributed by atoms with Gasteiger partial charge in [0.1, 0.15) is 0 Å². The molecule has 0 atom stereocenters. The summed E-state index contributed by atoms with van der Waals surface area (Å²) in [4.78, 5) is 25.6. The van der Waals surface area contributed by atoms with Crippen LogP contribution in [-0.4, -0.2) is 11.6 Å². The van der Waals surface area contributed by atoms with Crippen molar-refractivity contribution in [2.24, 2.45) is 0 Å². The molecule has 0 saturated heterocycles. The highest BCUT2D eigenvalue weighted by atomic mass is 16.1. The standard InChI is InChI=1S/C20H26O2/c1-3-5-7-11-15-16(12-8-6-4-2)20(22)18-14-10-9-13-17(18)19(15)21/h9-10,13-14H,3-8,11-12H2,1-2H3. The fourth-order valence-electron chi connectivity index (χ4n) is 3.11. The molecule has 2 nitrogen and oxygen atoms in total. The summed E-state index contributed by atoms with van der Waals surface area (Å²) in [6.45, 7) is 4.30. The van der Waals surface area contributed by atoms with Crippen molar-refractivity contribution in [3.05, 3.63) is 46.5 Å². The first-order valence-electron chi connectivity index (χ1n) is 8.61.